The summed E-state index contributed by atoms with van der Waals surface area (Å²) in [7, 11) is 1.98. The van der Waals surface area contributed by atoms with Gasteiger partial charge in [0.25, 0.3) is 0 Å². The normalized spacial score (nSPS) is 15.8. The number of hydrogen-bond donors (Lipinski definition) is 0. The van der Waals surface area contributed by atoms with Crippen molar-refractivity contribution in [2.45, 2.75) is 24.8 Å². The highest BCUT2D eigenvalue weighted by atomic mass is 16.2. The Balaban J connectivity index is 1.26. The van der Waals surface area contributed by atoms with E-state index in [1.807, 2.05) is 24.1 Å². The number of carbonyl (C=O) groups is 1. The predicted molar refractivity (Wildman–Crippen MR) is 151 cm³/mol. The molecular formula is C34H36N2O. The van der Waals surface area contributed by atoms with Gasteiger partial charge in [-0.2, -0.15) is 0 Å². The lowest BCUT2D eigenvalue weighted by Gasteiger charge is -2.30. The second-order valence-corrected chi connectivity index (χ2v) is 10.2. The van der Waals surface area contributed by atoms with Crippen LogP contribution in [0.25, 0.3) is 0 Å². The van der Waals surface area contributed by atoms with Crippen LogP contribution in [-0.2, 0) is 4.79 Å². The van der Waals surface area contributed by atoms with Crippen LogP contribution in [-0.4, -0.2) is 42.4 Å². The van der Waals surface area contributed by atoms with Gasteiger partial charge >= 0.3 is 0 Å². The van der Waals surface area contributed by atoms with E-state index in [9.17, 15) is 4.79 Å². The largest absolute Gasteiger partial charge is 0.345 e. The first-order valence-corrected chi connectivity index (χ1v) is 13.4. The Labute approximate surface area is 221 Å². The second-order valence-electron chi connectivity index (χ2n) is 10.2. The van der Waals surface area contributed by atoms with Gasteiger partial charge in [0.1, 0.15) is 0 Å². The zero-order chi connectivity index (χ0) is 25.5. The Morgan fingerprint density at radius 1 is 0.730 bits per heavy atom. The Morgan fingerprint density at radius 3 is 1.62 bits per heavy atom. The number of carbonyl (C=O) groups excluding carboxylic acids is 1. The zero-order valence-corrected chi connectivity index (χ0v) is 21.6. The first-order valence-electron chi connectivity index (χ1n) is 13.4. The third kappa shape index (κ3) is 6.18. The topological polar surface area (TPSA) is 23.6 Å². The van der Waals surface area contributed by atoms with E-state index in [0.29, 0.717) is 12.3 Å². The van der Waals surface area contributed by atoms with Gasteiger partial charge in [-0.15, -0.1) is 0 Å². The van der Waals surface area contributed by atoms with Crippen LogP contribution in [0.15, 0.2) is 121 Å². The maximum Gasteiger partial charge on any atom is 0.223 e. The summed E-state index contributed by atoms with van der Waals surface area (Å²) in [5.41, 5.74) is 5.03. The fourth-order valence-electron chi connectivity index (χ4n) is 5.75. The molecule has 1 fully saturated rings. The molecular weight excluding hydrogens is 452 g/mol. The third-order valence-corrected chi connectivity index (χ3v) is 7.65. The summed E-state index contributed by atoms with van der Waals surface area (Å²) in [6.45, 7) is 2.83. The molecule has 0 aromatic heterocycles. The van der Waals surface area contributed by atoms with Gasteiger partial charge in [-0.05, 0) is 41.1 Å². The molecule has 0 radical (unpaired) electrons. The summed E-state index contributed by atoms with van der Waals surface area (Å²) < 4.78 is 0. The van der Waals surface area contributed by atoms with Crippen LogP contribution in [0.1, 0.15) is 47.1 Å². The summed E-state index contributed by atoms with van der Waals surface area (Å²) in [6.07, 6.45) is 1.59. The third-order valence-electron chi connectivity index (χ3n) is 7.65. The Morgan fingerprint density at radius 2 is 1.16 bits per heavy atom. The van der Waals surface area contributed by atoms with E-state index in [2.05, 4.69) is 114 Å². The average Bonchev–Trinajstić information content (AvgIpc) is 3.41. The fourth-order valence-corrected chi connectivity index (χ4v) is 5.75. The zero-order valence-electron chi connectivity index (χ0n) is 21.6. The lowest BCUT2D eigenvalue weighted by molar-refractivity contribution is -0.130. The minimum Gasteiger partial charge on any atom is -0.345 e. The summed E-state index contributed by atoms with van der Waals surface area (Å²) >= 11 is 0. The van der Waals surface area contributed by atoms with Crippen LogP contribution in [0.3, 0.4) is 0 Å². The lowest BCUT2D eigenvalue weighted by Crippen LogP contribution is -2.34. The van der Waals surface area contributed by atoms with Crippen molar-refractivity contribution in [3.8, 4) is 0 Å². The van der Waals surface area contributed by atoms with Crippen LogP contribution in [0, 0.1) is 5.92 Å². The van der Waals surface area contributed by atoms with Crippen molar-refractivity contribution in [1.29, 1.82) is 0 Å². The summed E-state index contributed by atoms with van der Waals surface area (Å²) in [6, 6.07) is 42.7. The molecule has 4 aromatic rings. The molecule has 0 spiro atoms. The van der Waals surface area contributed by atoms with Gasteiger partial charge in [0.2, 0.25) is 5.91 Å². The van der Waals surface area contributed by atoms with Crippen molar-refractivity contribution in [1.82, 2.24) is 9.80 Å². The highest BCUT2D eigenvalue weighted by Gasteiger charge is 2.31. The minimum atomic E-state index is 0.0676. The quantitative estimate of drug-likeness (QED) is 0.259. The molecule has 4 aromatic carbocycles. The monoisotopic (exact) mass is 488 g/mol. The van der Waals surface area contributed by atoms with Gasteiger partial charge in [0.15, 0.2) is 0 Å². The number of amides is 1. The van der Waals surface area contributed by atoms with Gasteiger partial charge in [-0.3, -0.25) is 9.69 Å². The van der Waals surface area contributed by atoms with Crippen LogP contribution < -0.4 is 0 Å². The van der Waals surface area contributed by atoms with E-state index < -0.39 is 0 Å². The molecule has 0 aliphatic carbocycles. The molecule has 0 N–H and O–H groups in total. The molecule has 1 amide bonds. The van der Waals surface area contributed by atoms with Gasteiger partial charge in [0, 0.05) is 32.5 Å². The smallest absolute Gasteiger partial charge is 0.223 e. The molecule has 37 heavy (non-hydrogen) atoms. The molecule has 0 bridgehead atoms. The van der Waals surface area contributed by atoms with Gasteiger partial charge in [-0.25, -0.2) is 0 Å². The van der Waals surface area contributed by atoms with Crippen molar-refractivity contribution in [3.63, 3.8) is 0 Å². The number of rotatable bonds is 9. The molecule has 3 heteroatoms. The van der Waals surface area contributed by atoms with Crippen LogP contribution in [0.5, 0.6) is 0 Å². The van der Waals surface area contributed by atoms with E-state index in [1.165, 1.54) is 22.3 Å². The summed E-state index contributed by atoms with van der Waals surface area (Å²) in [4.78, 5) is 18.0. The molecule has 5 rings (SSSR count). The average molecular weight is 489 g/mol. The number of nitrogens with zero attached hydrogens (tertiary/aromatic N) is 2. The molecule has 1 aliphatic heterocycles. The van der Waals surface area contributed by atoms with E-state index in [4.69, 9.17) is 0 Å². The molecule has 1 heterocycles. The Kier molecular flexibility index (Phi) is 8.12. The summed E-state index contributed by atoms with van der Waals surface area (Å²) in [5.74, 6) is 0.743. The molecule has 1 unspecified atom stereocenters. The van der Waals surface area contributed by atoms with Crippen LogP contribution in [0.4, 0.5) is 0 Å². The highest BCUT2D eigenvalue weighted by Crippen LogP contribution is 2.34. The molecule has 3 nitrogen and oxygen atoms in total. The van der Waals surface area contributed by atoms with E-state index in [-0.39, 0.29) is 17.9 Å². The maximum absolute atomic E-state index is 13.5. The van der Waals surface area contributed by atoms with Gasteiger partial charge in [0.05, 0.1) is 6.04 Å². The number of benzene rings is 4. The first-order chi connectivity index (χ1) is 18.2. The second kappa shape index (κ2) is 12.0. The van der Waals surface area contributed by atoms with E-state index >= 15 is 0 Å². The number of likely N-dealkylation sites (tertiary alicyclic amines) is 1. The van der Waals surface area contributed by atoms with Gasteiger partial charge < -0.3 is 4.90 Å². The highest BCUT2D eigenvalue weighted by molar-refractivity contribution is 5.77. The van der Waals surface area contributed by atoms with Crippen molar-refractivity contribution < 1.29 is 4.79 Å². The summed E-state index contributed by atoms with van der Waals surface area (Å²) in [5, 5.41) is 0. The SMILES string of the molecule is CN(CC1CCN(C(c2ccccc2)c2ccccc2)C1)C(=O)CC(c1ccccc1)c1ccccc1. The molecule has 188 valence electrons. The van der Waals surface area contributed by atoms with Crippen molar-refractivity contribution >= 4 is 5.91 Å². The molecule has 1 saturated heterocycles. The van der Waals surface area contributed by atoms with E-state index in [0.717, 1.165) is 26.1 Å². The first kappa shape index (κ1) is 25.0. The predicted octanol–water partition coefficient (Wildman–Crippen LogP) is 6.78. The molecule has 1 aliphatic rings. The van der Waals surface area contributed by atoms with Crippen LogP contribution in [0.2, 0.25) is 0 Å². The molecule has 1 atom stereocenters. The van der Waals surface area contributed by atoms with Crippen LogP contribution >= 0.6 is 0 Å². The van der Waals surface area contributed by atoms with Crippen molar-refractivity contribution in [3.05, 3.63) is 144 Å². The van der Waals surface area contributed by atoms with Crippen molar-refractivity contribution in [2.24, 2.45) is 5.92 Å². The van der Waals surface area contributed by atoms with Gasteiger partial charge in [-0.1, -0.05) is 121 Å². The Bertz CT molecular complexity index is 1170. The number of hydrogen-bond acceptors (Lipinski definition) is 2. The standard InChI is InChI=1S/C34H36N2O/c1-35(33(37)24-32(28-14-6-2-7-15-28)29-16-8-3-9-17-29)25-27-22-23-36(26-27)34(30-18-10-4-11-19-30)31-20-12-5-13-21-31/h2-21,27,32,34H,22-26H2,1H3. The van der Waals surface area contributed by atoms with E-state index in [1.54, 1.807) is 0 Å². The maximum atomic E-state index is 13.5. The molecule has 0 saturated carbocycles. The lowest BCUT2D eigenvalue weighted by atomic mass is 9.88. The minimum absolute atomic E-state index is 0.0676. The Hall–Kier alpha value is -3.69. The fraction of sp³-hybridized carbons (Fsp3) is 0.265. The van der Waals surface area contributed by atoms with Crippen molar-refractivity contribution in [2.75, 3.05) is 26.7 Å².